The number of halogens is 4. The second-order valence-electron chi connectivity index (χ2n) is 8.49. The Hall–Kier alpha value is -2.58. The molecule has 168 valence electrons. The quantitative estimate of drug-likeness (QED) is 0.659. The van der Waals surface area contributed by atoms with Gasteiger partial charge in [-0.3, -0.25) is 9.59 Å². The molecule has 5 rings (SSSR count). The van der Waals surface area contributed by atoms with Crippen LogP contribution >= 0.6 is 11.6 Å². The predicted molar refractivity (Wildman–Crippen MR) is 109 cm³/mol. The zero-order valence-corrected chi connectivity index (χ0v) is 17.7. The van der Waals surface area contributed by atoms with E-state index in [1.807, 2.05) is 0 Å². The normalized spacial score (nSPS) is 24.3. The highest BCUT2D eigenvalue weighted by Gasteiger charge is 2.58. The third-order valence-corrected chi connectivity index (χ3v) is 6.84. The molecule has 32 heavy (non-hydrogen) atoms. The highest BCUT2D eigenvalue weighted by molar-refractivity contribution is 6.30. The number of nitrogens with zero attached hydrogens (tertiary/aromatic N) is 2. The van der Waals surface area contributed by atoms with Crippen LogP contribution in [0.15, 0.2) is 36.4 Å². The molecule has 2 aromatic rings. The molecule has 0 aromatic heterocycles. The SMILES string of the molecule is O=C(c1ccc(Cl)cc1F)N1CCC2(CC1)OC1CCC(c3cc(F)cc(F)c3)N1C2=O. The molecule has 3 aliphatic rings. The lowest BCUT2D eigenvalue weighted by Gasteiger charge is -2.37. The van der Waals surface area contributed by atoms with Gasteiger partial charge >= 0.3 is 0 Å². The maximum Gasteiger partial charge on any atom is 0.257 e. The van der Waals surface area contributed by atoms with Gasteiger partial charge < -0.3 is 14.5 Å². The molecule has 3 heterocycles. The van der Waals surface area contributed by atoms with E-state index in [4.69, 9.17) is 16.3 Å². The van der Waals surface area contributed by atoms with Gasteiger partial charge in [0.25, 0.3) is 11.8 Å². The number of fused-ring (bicyclic) bond motifs is 1. The molecule has 0 radical (unpaired) electrons. The van der Waals surface area contributed by atoms with Crippen LogP contribution in [0, 0.1) is 17.5 Å². The van der Waals surface area contributed by atoms with Crippen molar-refractivity contribution in [3.8, 4) is 0 Å². The highest BCUT2D eigenvalue weighted by atomic mass is 35.5. The summed E-state index contributed by atoms with van der Waals surface area (Å²) in [5.41, 5.74) is -0.743. The third-order valence-electron chi connectivity index (χ3n) is 6.61. The Bertz CT molecular complexity index is 1080. The first-order chi connectivity index (χ1) is 15.3. The van der Waals surface area contributed by atoms with Crippen LogP contribution in [0.4, 0.5) is 13.2 Å². The van der Waals surface area contributed by atoms with Crippen molar-refractivity contribution in [1.29, 1.82) is 0 Å². The van der Waals surface area contributed by atoms with Gasteiger partial charge in [0.1, 0.15) is 23.7 Å². The zero-order valence-electron chi connectivity index (χ0n) is 17.0. The second kappa shape index (κ2) is 7.78. The van der Waals surface area contributed by atoms with E-state index in [0.29, 0.717) is 18.4 Å². The van der Waals surface area contributed by atoms with Crippen LogP contribution in [0.3, 0.4) is 0 Å². The van der Waals surface area contributed by atoms with Crippen LogP contribution in [0.25, 0.3) is 0 Å². The van der Waals surface area contributed by atoms with Crippen LogP contribution in [0.5, 0.6) is 0 Å². The molecule has 5 nitrogen and oxygen atoms in total. The molecule has 0 saturated carbocycles. The van der Waals surface area contributed by atoms with Crippen LogP contribution < -0.4 is 0 Å². The van der Waals surface area contributed by atoms with E-state index in [-0.39, 0.29) is 42.4 Å². The first-order valence-electron chi connectivity index (χ1n) is 10.5. The molecule has 2 aromatic carbocycles. The second-order valence-corrected chi connectivity index (χ2v) is 8.93. The number of piperidine rings is 1. The van der Waals surface area contributed by atoms with Crippen LogP contribution in [0.2, 0.25) is 5.02 Å². The number of amides is 2. The maximum absolute atomic E-state index is 14.2. The Morgan fingerprint density at radius 2 is 1.72 bits per heavy atom. The van der Waals surface area contributed by atoms with Crippen molar-refractivity contribution in [2.45, 2.75) is 43.6 Å². The number of likely N-dealkylation sites (tertiary alicyclic amines) is 1. The van der Waals surface area contributed by atoms with Gasteiger partial charge in [-0.05, 0) is 48.7 Å². The molecule has 2 amide bonds. The number of carbonyl (C=O) groups is 2. The van der Waals surface area contributed by atoms with Crippen LogP contribution in [-0.4, -0.2) is 46.5 Å². The number of rotatable bonds is 2. The predicted octanol–water partition coefficient (Wildman–Crippen LogP) is 4.45. The molecule has 2 atom stereocenters. The van der Waals surface area contributed by atoms with E-state index in [0.717, 1.165) is 12.1 Å². The Kier molecular flexibility index (Phi) is 5.17. The summed E-state index contributed by atoms with van der Waals surface area (Å²) in [5, 5.41) is 0.204. The van der Waals surface area contributed by atoms with E-state index in [1.165, 1.54) is 29.2 Å². The smallest absolute Gasteiger partial charge is 0.257 e. The number of hydrogen-bond donors (Lipinski definition) is 0. The van der Waals surface area contributed by atoms with Crippen LogP contribution in [0.1, 0.15) is 47.6 Å². The Morgan fingerprint density at radius 3 is 2.38 bits per heavy atom. The van der Waals surface area contributed by atoms with Gasteiger partial charge in [0.15, 0.2) is 5.60 Å². The van der Waals surface area contributed by atoms with Crippen molar-refractivity contribution < 1.29 is 27.5 Å². The molecule has 3 aliphatic heterocycles. The van der Waals surface area contributed by atoms with E-state index in [1.54, 1.807) is 4.90 Å². The van der Waals surface area contributed by atoms with Crippen molar-refractivity contribution in [2.24, 2.45) is 0 Å². The van der Waals surface area contributed by atoms with Gasteiger partial charge in [0.2, 0.25) is 0 Å². The fourth-order valence-electron chi connectivity index (χ4n) is 5.04. The average Bonchev–Trinajstić information content (AvgIpc) is 3.26. The van der Waals surface area contributed by atoms with E-state index >= 15 is 0 Å². The molecule has 0 N–H and O–H groups in total. The summed E-state index contributed by atoms with van der Waals surface area (Å²) >= 11 is 5.76. The summed E-state index contributed by atoms with van der Waals surface area (Å²) < 4.78 is 47.8. The maximum atomic E-state index is 14.2. The van der Waals surface area contributed by atoms with Gasteiger partial charge in [-0.2, -0.15) is 0 Å². The zero-order chi connectivity index (χ0) is 22.6. The van der Waals surface area contributed by atoms with Gasteiger partial charge in [0.05, 0.1) is 11.6 Å². The summed E-state index contributed by atoms with van der Waals surface area (Å²) in [6, 6.07) is 6.73. The molecule has 1 spiro atoms. The summed E-state index contributed by atoms with van der Waals surface area (Å²) in [7, 11) is 0. The minimum Gasteiger partial charge on any atom is -0.342 e. The monoisotopic (exact) mass is 464 g/mol. The lowest BCUT2D eigenvalue weighted by atomic mass is 9.89. The fraction of sp³-hybridized carbons (Fsp3) is 0.391. The van der Waals surface area contributed by atoms with Gasteiger partial charge in [-0.15, -0.1) is 0 Å². The van der Waals surface area contributed by atoms with E-state index in [2.05, 4.69) is 0 Å². The van der Waals surface area contributed by atoms with Crippen molar-refractivity contribution in [3.05, 3.63) is 70.0 Å². The molecule has 0 aliphatic carbocycles. The van der Waals surface area contributed by atoms with E-state index in [9.17, 15) is 22.8 Å². The van der Waals surface area contributed by atoms with Gasteiger partial charge in [-0.25, -0.2) is 13.2 Å². The molecule has 2 unspecified atom stereocenters. The highest BCUT2D eigenvalue weighted by Crippen LogP contribution is 2.47. The average molecular weight is 465 g/mol. The minimum atomic E-state index is -1.08. The van der Waals surface area contributed by atoms with Crippen molar-refractivity contribution in [2.75, 3.05) is 13.1 Å². The van der Waals surface area contributed by atoms with E-state index < -0.39 is 41.2 Å². The Labute approximate surface area is 187 Å². The summed E-state index contributed by atoms with van der Waals surface area (Å²) in [5.74, 6) is -2.76. The molecule has 3 saturated heterocycles. The lowest BCUT2D eigenvalue weighted by molar-refractivity contribution is -0.142. The van der Waals surface area contributed by atoms with Gasteiger partial charge in [-0.1, -0.05) is 11.6 Å². The first kappa shape index (κ1) is 21.3. The first-order valence-corrected chi connectivity index (χ1v) is 10.9. The lowest BCUT2D eigenvalue weighted by Crippen LogP contribution is -2.51. The molecule has 9 heteroatoms. The summed E-state index contributed by atoms with van der Waals surface area (Å²) in [6.45, 7) is 0.457. The van der Waals surface area contributed by atoms with Gasteiger partial charge in [0, 0.05) is 37.0 Å². The fourth-order valence-corrected chi connectivity index (χ4v) is 5.20. The number of ether oxygens (including phenoxy) is 1. The topological polar surface area (TPSA) is 49.9 Å². The number of hydrogen-bond acceptors (Lipinski definition) is 3. The largest absolute Gasteiger partial charge is 0.342 e. The number of benzene rings is 2. The Morgan fingerprint density at radius 1 is 1.03 bits per heavy atom. The summed E-state index contributed by atoms with van der Waals surface area (Å²) in [6.07, 6.45) is 1.19. The minimum absolute atomic E-state index is 0.0715. The van der Waals surface area contributed by atoms with Crippen LogP contribution in [-0.2, 0) is 9.53 Å². The standard InChI is InChI=1S/C23H20ClF3N2O3/c24-14-1-2-17(18(27)11-14)21(30)28-7-5-23(6-8-28)22(31)29-19(3-4-20(29)32-23)13-9-15(25)12-16(26)10-13/h1-2,9-12,19-20H,3-8H2. The number of carbonyl (C=O) groups excluding carboxylic acids is 2. The molecule has 3 fully saturated rings. The van der Waals surface area contributed by atoms with Crippen molar-refractivity contribution >= 4 is 23.4 Å². The Balaban J connectivity index is 1.32. The van der Waals surface area contributed by atoms with Crippen molar-refractivity contribution in [1.82, 2.24) is 9.80 Å². The third kappa shape index (κ3) is 3.46. The van der Waals surface area contributed by atoms with Crippen molar-refractivity contribution in [3.63, 3.8) is 0 Å². The molecular weight excluding hydrogens is 445 g/mol. The molecule has 0 bridgehead atoms. The summed E-state index contributed by atoms with van der Waals surface area (Å²) in [4.78, 5) is 29.2. The molecular formula is C23H20ClF3N2O3.